The molecule has 2 heterocycles. The van der Waals surface area contributed by atoms with Crippen LogP contribution in [0.25, 0.3) is 0 Å². The zero-order valence-corrected chi connectivity index (χ0v) is 10.6. The average Bonchev–Trinajstić information content (AvgIpc) is 2.93. The van der Waals surface area contributed by atoms with Gasteiger partial charge in [-0.3, -0.25) is 0 Å². The van der Waals surface area contributed by atoms with Gasteiger partial charge in [-0.2, -0.15) is 5.10 Å². The molecule has 2 aromatic rings. The van der Waals surface area contributed by atoms with Gasteiger partial charge in [0.15, 0.2) is 0 Å². The van der Waals surface area contributed by atoms with Gasteiger partial charge >= 0.3 is 0 Å². The van der Waals surface area contributed by atoms with E-state index >= 15 is 0 Å². The van der Waals surface area contributed by atoms with E-state index in [-0.39, 0.29) is 6.04 Å². The highest BCUT2D eigenvalue weighted by Gasteiger charge is 2.28. The first-order valence-electron chi connectivity index (χ1n) is 6.40. The summed E-state index contributed by atoms with van der Waals surface area (Å²) < 4.78 is 0. The van der Waals surface area contributed by atoms with Crippen LogP contribution in [0.2, 0.25) is 0 Å². The van der Waals surface area contributed by atoms with Crippen LogP contribution in [0.15, 0.2) is 59.8 Å². The number of nitrogens with two attached hydrogens (primary N) is 1. The Bertz CT molecular complexity index is 565. The zero-order valence-electron chi connectivity index (χ0n) is 10.6. The van der Waals surface area contributed by atoms with Crippen LogP contribution in [0.1, 0.15) is 18.0 Å². The van der Waals surface area contributed by atoms with Crippen molar-refractivity contribution in [2.24, 2.45) is 10.8 Å². The van der Waals surface area contributed by atoms with Gasteiger partial charge in [-0.15, -0.1) is 0 Å². The predicted octanol–water partition coefficient (Wildman–Crippen LogP) is 2.35. The van der Waals surface area contributed by atoms with E-state index in [1.165, 1.54) is 5.56 Å². The van der Waals surface area contributed by atoms with Crippen molar-refractivity contribution in [3.8, 4) is 0 Å². The molecule has 1 aromatic heterocycles. The highest BCUT2D eigenvalue weighted by Crippen LogP contribution is 2.33. The molecule has 1 aliphatic rings. The summed E-state index contributed by atoms with van der Waals surface area (Å²) in [6.45, 7) is 0.493. The number of anilines is 1. The Kier molecular flexibility index (Phi) is 3.25. The third-order valence-corrected chi connectivity index (χ3v) is 3.28. The van der Waals surface area contributed by atoms with Crippen LogP contribution in [0, 0.1) is 0 Å². The van der Waals surface area contributed by atoms with Crippen LogP contribution in [0.3, 0.4) is 0 Å². The van der Waals surface area contributed by atoms with E-state index in [1.54, 1.807) is 6.20 Å². The molecule has 0 aliphatic carbocycles. The first-order chi connectivity index (χ1) is 9.38. The summed E-state index contributed by atoms with van der Waals surface area (Å²) in [4.78, 5) is 4.38. The van der Waals surface area contributed by atoms with Crippen LogP contribution in [0.5, 0.6) is 0 Å². The monoisotopic (exact) mass is 252 g/mol. The summed E-state index contributed by atoms with van der Waals surface area (Å²) >= 11 is 0. The van der Waals surface area contributed by atoms with Crippen molar-refractivity contribution in [1.82, 2.24) is 4.98 Å². The zero-order chi connectivity index (χ0) is 13.1. The predicted molar refractivity (Wildman–Crippen MR) is 77.0 cm³/mol. The molecule has 4 heteroatoms. The first kappa shape index (κ1) is 11.9. The summed E-state index contributed by atoms with van der Waals surface area (Å²) in [6.07, 6.45) is 2.64. The molecule has 0 saturated heterocycles. The van der Waals surface area contributed by atoms with Crippen molar-refractivity contribution in [1.29, 1.82) is 0 Å². The maximum absolute atomic E-state index is 5.74. The lowest BCUT2D eigenvalue weighted by molar-refractivity contribution is 0.698. The van der Waals surface area contributed by atoms with Gasteiger partial charge in [0.25, 0.3) is 0 Å². The standard InChI is InChI=1S/C15H16N4/c16-11-13-10-14(12-6-2-1-3-7-12)19(18-13)15-8-4-5-9-17-15/h1-9,14H,10-11,16H2. The summed E-state index contributed by atoms with van der Waals surface area (Å²) in [5.41, 5.74) is 7.99. The third-order valence-electron chi connectivity index (χ3n) is 3.28. The van der Waals surface area contributed by atoms with Gasteiger partial charge in [-0.1, -0.05) is 36.4 Å². The summed E-state index contributed by atoms with van der Waals surface area (Å²) in [5.74, 6) is 0.861. The molecule has 0 spiro atoms. The van der Waals surface area contributed by atoms with Crippen LogP contribution in [-0.2, 0) is 0 Å². The van der Waals surface area contributed by atoms with Gasteiger partial charge < -0.3 is 5.73 Å². The van der Waals surface area contributed by atoms with E-state index in [9.17, 15) is 0 Å². The molecule has 0 radical (unpaired) electrons. The molecule has 0 saturated carbocycles. The van der Waals surface area contributed by atoms with E-state index in [1.807, 2.05) is 41.4 Å². The highest BCUT2D eigenvalue weighted by molar-refractivity contribution is 5.90. The molecule has 1 aliphatic heterocycles. The quantitative estimate of drug-likeness (QED) is 0.912. The molecule has 0 fully saturated rings. The van der Waals surface area contributed by atoms with Gasteiger partial charge in [-0.25, -0.2) is 9.99 Å². The molecule has 4 nitrogen and oxygen atoms in total. The van der Waals surface area contributed by atoms with Gasteiger partial charge in [0.05, 0.1) is 11.8 Å². The van der Waals surface area contributed by atoms with Crippen molar-refractivity contribution in [3.63, 3.8) is 0 Å². The van der Waals surface area contributed by atoms with Gasteiger partial charge in [0.2, 0.25) is 0 Å². The lowest BCUT2D eigenvalue weighted by atomic mass is 10.0. The Morgan fingerprint density at radius 3 is 2.58 bits per heavy atom. The molecule has 0 amide bonds. The Morgan fingerprint density at radius 1 is 1.11 bits per heavy atom. The second-order valence-corrected chi connectivity index (χ2v) is 4.53. The normalized spacial score (nSPS) is 18.5. The summed E-state index contributed by atoms with van der Waals surface area (Å²) in [5, 5.41) is 6.57. The van der Waals surface area contributed by atoms with E-state index < -0.39 is 0 Å². The molecule has 1 atom stereocenters. The van der Waals surface area contributed by atoms with Crippen LogP contribution in [-0.4, -0.2) is 17.2 Å². The lowest BCUT2D eigenvalue weighted by Crippen LogP contribution is -2.19. The first-order valence-corrected chi connectivity index (χ1v) is 6.40. The van der Waals surface area contributed by atoms with Gasteiger partial charge in [0.1, 0.15) is 5.82 Å². The number of rotatable bonds is 3. The molecular weight excluding hydrogens is 236 g/mol. The smallest absolute Gasteiger partial charge is 0.149 e. The number of benzene rings is 1. The fourth-order valence-corrected chi connectivity index (χ4v) is 2.33. The van der Waals surface area contributed by atoms with E-state index in [4.69, 9.17) is 5.73 Å². The fourth-order valence-electron chi connectivity index (χ4n) is 2.33. The Labute approximate surface area is 112 Å². The molecule has 19 heavy (non-hydrogen) atoms. The molecule has 1 aromatic carbocycles. The number of nitrogens with zero attached hydrogens (tertiary/aromatic N) is 3. The Morgan fingerprint density at radius 2 is 1.89 bits per heavy atom. The van der Waals surface area contributed by atoms with E-state index in [0.717, 1.165) is 18.0 Å². The molecule has 3 rings (SSSR count). The molecular formula is C15H16N4. The SMILES string of the molecule is NCC1=NN(c2ccccn2)C(c2ccccc2)C1. The van der Waals surface area contributed by atoms with Crippen molar-refractivity contribution in [2.75, 3.05) is 11.6 Å². The van der Waals surface area contributed by atoms with Crippen LogP contribution >= 0.6 is 0 Å². The molecule has 2 N–H and O–H groups in total. The highest BCUT2D eigenvalue weighted by atomic mass is 15.5. The fraction of sp³-hybridized carbons (Fsp3) is 0.200. The maximum Gasteiger partial charge on any atom is 0.149 e. The lowest BCUT2D eigenvalue weighted by Gasteiger charge is -2.22. The third kappa shape index (κ3) is 2.35. The maximum atomic E-state index is 5.74. The minimum atomic E-state index is 0.189. The minimum absolute atomic E-state index is 0.189. The molecule has 96 valence electrons. The summed E-state index contributed by atoms with van der Waals surface area (Å²) in [7, 11) is 0. The molecule has 1 unspecified atom stereocenters. The second-order valence-electron chi connectivity index (χ2n) is 4.53. The van der Waals surface area contributed by atoms with E-state index in [0.29, 0.717) is 6.54 Å². The number of aromatic nitrogens is 1. The van der Waals surface area contributed by atoms with Gasteiger partial charge in [0, 0.05) is 19.2 Å². The topological polar surface area (TPSA) is 54.5 Å². The Balaban J connectivity index is 1.96. The van der Waals surface area contributed by atoms with E-state index in [2.05, 4.69) is 22.2 Å². The summed E-state index contributed by atoms with van der Waals surface area (Å²) in [6, 6.07) is 16.4. The molecule has 0 bridgehead atoms. The number of hydrazone groups is 1. The van der Waals surface area contributed by atoms with Crippen molar-refractivity contribution < 1.29 is 0 Å². The Hall–Kier alpha value is -2.20. The van der Waals surface area contributed by atoms with Crippen LogP contribution in [0.4, 0.5) is 5.82 Å². The average molecular weight is 252 g/mol. The number of hydrogen-bond donors (Lipinski definition) is 1. The van der Waals surface area contributed by atoms with Crippen molar-refractivity contribution in [3.05, 3.63) is 60.3 Å². The minimum Gasteiger partial charge on any atom is -0.325 e. The van der Waals surface area contributed by atoms with Crippen LogP contribution < -0.4 is 10.7 Å². The van der Waals surface area contributed by atoms with Crippen molar-refractivity contribution in [2.45, 2.75) is 12.5 Å². The second kappa shape index (κ2) is 5.20. The number of pyridine rings is 1. The van der Waals surface area contributed by atoms with Gasteiger partial charge in [-0.05, 0) is 17.7 Å². The van der Waals surface area contributed by atoms with Crippen molar-refractivity contribution >= 4 is 11.5 Å². The largest absolute Gasteiger partial charge is 0.325 e. The number of hydrogen-bond acceptors (Lipinski definition) is 4.